The second kappa shape index (κ2) is 7.76. The van der Waals surface area contributed by atoms with Crippen molar-refractivity contribution in [3.8, 4) is 5.69 Å². The van der Waals surface area contributed by atoms with E-state index in [0.717, 1.165) is 25.3 Å². The highest BCUT2D eigenvalue weighted by atomic mass is 15.3. The quantitative estimate of drug-likeness (QED) is 0.560. The van der Waals surface area contributed by atoms with Gasteiger partial charge in [-0.3, -0.25) is 0 Å². The second-order valence-corrected chi connectivity index (χ2v) is 6.15. The summed E-state index contributed by atoms with van der Waals surface area (Å²) < 4.78 is 3.83. The highest BCUT2D eigenvalue weighted by Crippen LogP contribution is 2.10. The van der Waals surface area contributed by atoms with Crippen molar-refractivity contribution < 1.29 is 0 Å². The lowest BCUT2D eigenvalue weighted by Gasteiger charge is -2.08. The number of rotatable bonds is 7. The Morgan fingerprint density at radius 2 is 1.69 bits per heavy atom. The maximum Gasteiger partial charge on any atom is 0.137 e. The second-order valence-electron chi connectivity index (χ2n) is 6.15. The van der Waals surface area contributed by atoms with Crippen LogP contribution in [0.25, 0.3) is 5.69 Å². The highest BCUT2D eigenvalue weighted by Gasteiger charge is 2.00. The van der Waals surface area contributed by atoms with Gasteiger partial charge in [-0.25, -0.2) is 14.6 Å². The largest absolute Gasteiger partial charge is 0.309 e. The molecule has 0 aliphatic heterocycles. The van der Waals surface area contributed by atoms with Gasteiger partial charge in [-0.2, -0.15) is 5.10 Å². The van der Waals surface area contributed by atoms with E-state index in [1.54, 1.807) is 25.2 Å². The summed E-state index contributed by atoms with van der Waals surface area (Å²) in [7, 11) is 0. The third-order valence-electron chi connectivity index (χ3n) is 4.20. The molecular formula is C20H20N6. The van der Waals surface area contributed by atoms with Crippen LogP contribution in [0.5, 0.6) is 0 Å². The van der Waals surface area contributed by atoms with E-state index < -0.39 is 0 Å². The predicted octanol–water partition coefficient (Wildman–Crippen LogP) is 2.80. The summed E-state index contributed by atoms with van der Waals surface area (Å²) in [5.41, 5.74) is 4.86. The van der Waals surface area contributed by atoms with Gasteiger partial charge in [-0.1, -0.05) is 36.4 Å². The first-order valence-corrected chi connectivity index (χ1v) is 8.55. The van der Waals surface area contributed by atoms with Crippen LogP contribution in [0.2, 0.25) is 0 Å². The summed E-state index contributed by atoms with van der Waals surface area (Å²) in [5.74, 6) is 0. The van der Waals surface area contributed by atoms with E-state index in [9.17, 15) is 0 Å². The van der Waals surface area contributed by atoms with Gasteiger partial charge >= 0.3 is 0 Å². The van der Waals surface area contributed by atoms with Gasteiger partial charge in [0.1, 0.15) is 12.7 Å². The van der Waals surface area contributed by atoms with Crippen molar-refractivity contribution in [1.29, 1.82) is 0 Å². The lowest BCUT2D eigenvalue weighted by atomic mass is 10.1. The van der Waals surface area contributed by atoms with Crippen LogP contribution in [0.4, 0.5) is 0 Å². The van der Waals surface area contributed by atoms with Crippen LogP contribution in [-0.4, -0.2) is 24.3 Å². The molecule has 4 aromatic rings. The van der Waals surface area contributed by atoms with Gasteiger partial charge in [0.2, 0.25) is 0 Å². The molecule has 2 aromatic carbocycles. The first-order valence-electron chi connectivity index (χ1n) is 8.55. The van der Waals surface area contributed by atoms with E-state index in [1.807, 2.05) is 15.4 Å². The highest BCUT2D eigenvalue weighted by molar-refractivity contribution is 5.34. The summed E-state index contributed by atoms with van der Waals surface area (Å²) in [4.78, 5) is 8.06. The van der Waals surface area contributed by atoms with Crippen LogP contribution in [0.3, 0.4) is 0 Å². The maximum atomic E-state index is 4.15. The molecule has 0 amide bonds. The summed E-state index contributed by atoms with van der Waals surface area (Å²) in [5, 5.41) is 7.66. The minimum atomic E-state index is 0.740. The molecule has 0 atom stereocenters. The number of imidazole rings is 1. The van der Waals surface area contributed by atoms with E-state index in [-0.39, 0.29) is 0 Å². The average molecular weight is 344 g/mol. The Morgan fingerprint density at radius 3 is 2.46 bits per heavy atom. The van der Waals surface area contributed by atoms with E-state index in [4.69, 9.17) is 0 Å². The van der Waals surface area contributed by atoms with Crippen molar-refractivity contribution in [3.05, 3.63) is 96.6 Å². The number of hydrogen-bond donors (Lipinski definition) is 1. The summed E-state index contributed by atoms with van der Waals surface area (Å²) in [6.45, 7) is 2.40. The summed E-state index contributed by atoms with van der Waals surface area (Å²) >= 11 is 0. The maximum absolute atomic E-state index is 4.15. The molecule has 0 aliphatic rings. The number of benzene rings is 2. The lowest BCUT2D eigenvalue weighted by molar-refractivity contribution is 0.676. The van der Waals surface area contributed by atoms with Gasteiger partial charge in [0.15, 0.2) is 0 Å². The molecule has 0 radical (unpaired) electrons. The Labute approximate surface area is 152 Å². The van der Waals surface area contributed by atoms with Crippen molar-refractivity contribution in [1.82, 2.24) is 29.6 Å². The Bertz CT molecular complexity index is 927. The number of hydrogen-bond acceptors (Lipinski definition) is 4. The van der Waals surface area contributed by atoms with Crippen molar-refractivity contribution >= 4 is 0 Å². The first-order chi connectivity index (χ1) is 12.9. The first kappa shape index (κ1) is 16.2. The zero-order chi connectivity index (χ0) is 17.6. The zero-order valence-corrected chi connectivity index (χ0v) is 14.4. The van der Waals surface area contributed by atoms with Crippen LogP contribution in [0.1, 0.15) is 16.7 Å². The fourth-order valence-electron chi connectivity index (χ4n) is 2.89. The van der Waals surface area contributed by atoms with Gasteiger partial charge in [-0.05, 0) is 28.8 Å². The molecule has 0 spiro atoms. The van der Waals surface area contributed by atoms with Crippen molar-refractivity contribution in [3.63, 3.8) is 0 Å². The normalized spacial score (nSPS) is 10.9. The molecule has 0 aliphatic carbocycles. The third kappa shape index (κ3) is 4.04. The minimum Gasteiger partial charge on any atom is -0.309 e. The van der Waals surface area contributed by atoms with Crippen molar-refractivity contribution in [2.45, 2.75) is 19.6 Å². The van der Waals surface area contributed by atoms with Gasteiger partial charge in [0, 0.05) is 31.2 Å². The molecule has 0 saturated carbocycles. The third-order valence-corrected chi connectivity index (χ3v) is 4.20. The van der Waals surface area contributed by atoms with Gasteiger partial charge < -0.3 is 9.88 Å². The SMILES string of the molecule is c1cc(CNCc2ccc(-n3ccnc3)cc2)cc(Cn2cncn2)c1. The topological polar surface area (TPSA) is 60.6 Å². The molecule has 0 saturated heterocycles. The molecule has 2 heterocycles. The molecule has 2 aromatic heterocycles. The molecule has 0 unspecified atom stereocenters. The van der Waals surface area contributed by atoms with E-state index in [1.165, 1.54) is 16.7 Å². The van der Waals surface area contributed by atoms with Crippen LogP contribution < -0.4 is 5.32 Å². The van der Waals surface area contributed by atoms with Gasteiger partial charge in [0.05, 0.1) is 12.9 Å². The predicted molar refractivity (Wildman–Crippen MR) is 99.7 cm³/mol. The molecule has 130 valence electrons. The van der Waals surface area contributed by atoms with Crippen molar-refractivity contribution in [2.75, 3.05) is 0 Å². The van der Waals surface area contributed by atoms with Gasteiger partial charge in [0.25, 0.3) is 0 Å². The fourth-order valence-corrected chi connectivity index (χ4v) is 2.89. The van der Waals surface area contributed by atoms with Gasteiger partial charge in [-0.15, -0.1) is 0 Å². The number of nitrogens with zero attached hydrogens (tertiary/aromatic N) is 5. The molecular weight excluding hydrogens is 324 g/mol. The summed E-state index contributed by atoms with van der Waals surface area (Å²) in [6.07, 6.45) is 8.83. The zero-order valence-electron chi connectivity index (χ0n) is 14.4. The van der Waals surface area contributed by atoms with Crippen LogP contribution >= 0.6 is 0 Å². The Balaban J connectivity index is 1.32. The molecule has 6 nitrogen and oxygen atoms in total. The minimum absolute atomic E-state index is 0.740. The van der Waals surface area contributed by atoms with Crippen LogP contribution in [0, 0.1) is 0 Å². The summed E-state index contributed by atoms with van der Waals surface area (Å²) in [6, 6.07) is 17.0. The molecule has 4 rings (SSSR count). The van der Waals surface area contributed by atoms with Crippen LogP contribution in [-0.2, 0) is 19.6 Å². The molecule has 0 fully saturated rings. The Kier molecular flexibility index (Phi) is 4.84. The number of aromatic nitrogens is 5. The van der Waals surface area contributed by atoms with Crippen LogP contribution in [0.15, 0.2) is 79.9 Å². The average Bonchev–Trinajstić information content (AvgIpc) is 3.37. The Morgan fingerprint density at radius 1 is 0.846 bits per heavy atom. The Hall–Kier alpha value is -3.25. The lowest BCUT2D eigenvalue weighted by Crippen LogP contribution is -2.13. The fraction of sp³-hybridized carbons (Fsp3) is 0.150. The standard InChI is InChI=1S/C20H20N6/c1-2-18(10-19(3-1)13-26-16-23-14-24-26)12-22-11-17-4-6-20(7-5-17)25-9-8-21-15-25/h1-10,14-16,22H,11-13H2. The van der Waals surface area contributed by atoms with Crippen molar-refractivity contribution in [2.24, 2.45) is 0 Å². The molecule has 26 heavy (non-hydrogen) atoms. The number of nitrogens with one attached hydrogen (secondary N) is 1. The van der Waals surface area contributed by atoms with E-state index in [2.05, 4.69) is 68.9 Å². The smallest absolute Gasteiger partial charge is 0.137 e. The van der Waals surface area contributed by atoms with E-state index in [0.29, 0.717) is 0 Å². The molecule has 0 bridgehead atoms. The molecule has 1 N–H and O–H groups in total. The molecule has 6 heteroatoms. The monoisotopic (exact) mass is 344 g/mol. The van der Waals surface area contributed by atoms with E-state index >= 15 is 0 Å².